The maximum absolute atomic E-state index is 13.1. The third-order valence-electron chi connectivity index (χ3n) is 3.74. The van der Waals surface area contributed by atoms with Crippen LogP contribution in [-0.2, 0) is 11.2 Å². The van der Waals surface area contributed by atoms with Crippen LogP contribution in [0, 0.1) is 11.6 Å². The zero-order valence-electron chi connectivity index (χ0n) is 12.0. The van der Waals surface area contributed by atoms with Gasteiger partial charge in [0.1, 0.15) is 0 Å². The predicted octanol–water partition coefficient (Wildman–Crippen LogP) is 3.36. The van der Waals surface area contributed by atoms with Gasteiger partial charge in [-0.2, -0.15) is 0 Å². The van der Waals surface area contributed by atoms with E-state index >= 15 is 0 Å². The highest BCUT2D eigenvalue weighted by Crippen LogP contribution is 2.26. The van der Waals surface area contributed by atoms with Crippen molar-refractivity contribution >= 4 is 17.3 Å². The van der Waals surface area contributed by atoms with Crippen LogP contribution in [0.2, 0.25) is 0 Å². The van der Waals surface area contributed by atoms with Gasteiger partial charge in [-0.1, -0.05) is 18.2 Å². The molecule has 5 heteroatoms. The Morgan fingerprint density at radius 3 is 2.77 bits per heavy atom. The van der Waals surface area contributed by atoms with Gasteiger partial charge < -0.3 is 10.2 Å². The lowest BCUT2D eigenvalue weighted by molar-refractivity contribution is -0.115. The fourth-order valence-electron chi connectivity index (χ4n) is 2.72. The number of benzene rings is 2. The van der Waals surface area contributed by atoms with Gasteiger partial charge in [0.15, 0.2) is 11.6 Å². The summed E-state index contributed by atoms with van der Waals surface area (Å²) in [5, 5.41) is 2.60. The van der Waals surface area contributed by atoms with Gasteiger partial charge in [-0.15, -0.1) is 0 Å². The van der Waals surface area contributed by atoms with Gasteiger partial charge in [-0.25, -0.2) is 8.78 Å². The first kappa shape index (κ1) is 14.5. The molecular formula is C17H16F2N2O. The molecule has 0 radical (unpaired) electrons. The van der Waals surface area contributed by atoms with Crippen molar-refractivity contribution in [2.75, 3.05) is 23.3 Å². The summed E-state index contributed by atoms with van der Waals surface area (Å²) < 4.78 is 26.0. The lowest BCUT2D eigenvalue weighted by Gasteiger charge is -2.30. The average Bonchev–Trinajstić information content (AvgIpc) is 2.51. The number of carbonyl (C=O) groups is 1. The summed E-state index contributed by atoms with van der Waals surface area (Å²) in [6.45, 7) is 0.998. The zero-order chi connectivity index (χ0) is 15.5. The van der Waals surface area contributed by atoms with E-state index in [0.29, 0.717) is 0 Å². The molecule has 0 saturated heterocycles. The first-order valence-corrected chi connectivity index (χ1v) is 7.21. The van der Waals surface area contributed by atoms with Crippen molar-refractivity contribution in [3.63, 3.8) is 0 Å². The molecule has 0 aromatic heterocycles. The topological polar surface area (TPSA) is 32.3 Å². The van der Waals surface area contributed by atoms with Gasteiger partial charge >= 0.3 is 0 Å². The van der Waals surface area contributed by atoms with Gasteiger partial charge in [-0.05, 0) is 36.6 Å². The van der Waals surface area contributed by atoms with Crippen LogP contribution >= 0.6 is 0 Å². The van der Waals surface area contributed by atoms with Crippen molar-refractivity contribution in [3.05, 3.63) is 59.7 Å². The van der Waals surface area contributed by atoms with E-state index in [0.717, 1.165) is 37.2 Å². The number of hydrogen-bond donors (Lipinski definition) is 1. The fourth-order valence-corrected chi connectivity index (χ4v) is 2.72. The molecule has 3 rings (SSSR count). The molecule has 1 aliphatic rings. The van der Waals surface area contributed by atoms with Crippen LogP contribution in [0.5, 0.6) is 0 Å². The normalized spacial score (nSPS) is 13.6. The van der Waals surface area contributed by atoms with Gasteiger partial charge in [-0.3, -0.25) is 4.79 Å². The molecule has 114 valence electrons. The van der Waals surface area contributed by atoms with Gasteiger partial charge in [0.25, 0.3) is 0 Å². The van der Waals surface area contributed by atoms with Crippen LogP contribution in [0.15, 0.2) is 42.5 Å². The molecule has 0 aliphatic carbocycles. The van der Waals surface area contributed by atoms with E-state index in [1.165, 1.54) is 11.6 Å². The molecule has 0 atom stereocenters. The highest BCUT2D eigenvalue weighted by atomic mass is 19.2. The molecule has 3 nitrogen and oxygen atoms in total. The van der Waals surface area contributed by atoms with E-state index < -0.39 is 11.6 Å². The number of amides is 1. The summed E-state index contributed by atoms with van der Waals surface area (Å²) in [5.41, 5.74) is 2.55. The second kappa shape index (κ2) is 6.13. The summed E-state index contributed by atoms with van der Waals surface area (Å²) in [6, 6.07) is 11.3. The third-order valence-corrected chi connectivity index (χ3v) is 3.74. The molecule has 0 spiro atoms. The Hall–Kier alpha value is -2.43. The number of carbonyl (C=O) groups excluding carboxylic acids is 1. The SMILES string of the molecule is O=C(CN1CCCc2ccccc21)Nc1ccc(F)c(F)c1. The summed E-state index contributed by atoms with van der Waals surface area (Å²) in [6.07, 6.45) is 2.01. The number of rotatable bonds is 3. The summed E-state index contributed by atoms with van der Waals surface area (Å²) in [4.78, 5) is 14.1. The van der Waals surface area contributed by atoms with E-state index in [1.54, 1.807) is 0 Å². The van der Waals surface area contributed by atoms with Crippen molar-refractivity contribution in [2.24, 2.45) is 0 Å². The lowest BCUT2D eigenvalue weighted by atomic mass is 10.0. The van der Waals surface area contributed by atoms with Crippen LogP contribution in [0.4, 0.5) is 20.2 Å². The van der Waals surface area contributed by atoms with Crippen LogP contribution < -0.4 is 10.2 Å². The van der Waals surface area contributed by atoms with Gasteiger partial charge in [0, 0.05) is 24.0 Å². The second-order valence-electron chi connectivity index (χ2n) is 5.33. The van der Waals surface area contributed by atoms with Gasteiger partial charge in [0.05, 0.1) is 6.54 Å². The largest absolute Gasteiger partial charge is 0.362 e. The molecule has 22 heavy (non-hydrogen) atoms. The Morgan fingerprint density at radius 2 is 1.95 bits per heavy atom. The minimum Gasteiger partial charge on any atom is -0.362 e. The molecule has 1 amide bonds. The summed E-state index contributed by atoms with van der Waals surface area (Å²) in [7, 11) is 0. The number of anilines is 2. The Balaban J connectivity index is 1.69. The Bertz CT molecular complexity index is 703. The highest BCUT2D eigenvalue weighted by Gasteiger charge is 2.18. The van der Waals surface area contributed by atoms with Crippen molar-refractivity contribution in [2.45, 2.75) is 12.8 Å². The number of para-hydroxylation sites is 1. The van der Waals surface area contributed by atoms with Gasteiger partial charge in [0.2, 0.25) is 5.91 Å². The molecule has 1 heterocycles. The molecule has 2 aromatic rings. The molecule has 1 aliphatic heterocycles. The van der Waals surface area contributed by atoms with Crippen LogP contribution in [-0.4, -0.2) is 19.0 Å². The summed E-state index contributed by atoms with van der Waals surface area (Å²) >= 11 is 0. The molecule has 2 aromatic carbocycles. The van der Waals surface area contributed by atoms with Crippen molar-refractivity contribution in [1.29, 1.82) is 0 Å². The molecule has 1 N–H and O–H groups in total. The van der Waals surface area contributed by atoms with E-state index in [2.05, 4.69) is 11.4 Å². The van der Waals surface area contributed by atoms with Crippen LogP contribution in [0.1, 0.15) is 12.0 Å². The molecule has 0 unspecified atom stereocenters. The van der Waals surface area contributed by atoms with E-state index in [1.807, 2.05) is 23.1 Å². The van der Waals surface area contributed by atoms with Crippen LogP contribution in [0.25, 0.3) is 0 Å². The Morgan fingerprint density at radius 1 is 1.14 bits per heavy atom. The molecule has 0 bridgehead atoms. The lowest BCUT2D eigenvalue weighted by Crippen LogP contribution is -2.36. The standard InChI is InChI=1S/C17H16F2N2O/c18-14-8-7-13(10-15(14)19)20-17(22)11-21-9-3-5-12-4-1-2-6-16(12)21/h1-2,4,6-8,10H,3,5,9,11H2,(H,20,22). The smallest absolute Gasteiger partial charge is 0.243 e. The second-order valence-corrected chi connectivity index (χ2v) is 5.33. The number of halogens is 2. The maximum atomic E-state index is 13.1. The predicted molar refractivity (Wildman–Crippen MR) is 82.0 cm³/mol. The number of hydrogen-bond acceptors (Lipinski definition) is 2. The van der Waals surface area contributed by atoms with Crippen molar-refractivity contribution in [1.82, 2.24) is 0 Å². The minimum absolute atomic E-state index is 0.190. The van der Waals surface area contributed by atoms with Crippen molar-refractivity contribution in [3.8, 4) is 0 Å². The Kier molecular flexibility index (Phi) is 4.04. The van der Waals surface area contributed by atoms with Crippen molar-refractivity contribution < 1.29 is 13.6 Å². The minimum atomic E-state index is -0.971. The fraction of sp³-hybridized carbons (Fsp3) is 0.235. The first-order chi connectivity index (χ1) is 10.6. The first-order valence-electron chi connectivity index (χ1n) is 7.21. The number of nitrogens with one attached hydrogen (secondary N) is 1. The third kappa shape index (κ3) is 3.08. The monoisotopic (exact) mass is 302 g/mol. The highest BCUT2D eigenvalue weighted by molar-refractivity contribution is 5.94. The number of nitrogens with zero attached hydrogens (tertiary/aromatic N) is 1. The zero-order valence-corrected chi connectivity index (χ0v) is 12.0. The Labute approximate surface area is 127 Å². The van der Waals surface area contributed by atoms with E-state index in [4.69, 9.17) is 0 Å². The number of fused-ring (bicyclic) bond motifs is 1. The quantitative estimate of drug-likeness (QED) is 0.943. The summed E-state index contributed by atoms with van der Waals surface area (Å²) in [5.74, 6) is -2.15. The van der Waals surface area contributed by atoms with Crippen LogP contribution in [0.3, 0.4) is 0 Å². The average molecular weight is 302 g/mol. The maximum Gasteiger partial charge on any atom is 0.243 e. The van der Waals surface area contributed by atoms with E-state index in [9.17, 15) is 13.6 Å². The van der Waals surface area contributed by atoms with E-state index in [-0.39, 0.29) is 18.1 Å². The molecule has 0 fully saturated rings. The molecular weight excluding hydrogens is 286 g/mol. The molecule has 0 saturated carbocycles. The number of aryl methyl sites for hydroxylation is 1.